The molecule has 1 aliphatic rings. The van der Waals surface area contributed by atoms with E-state index in [9.17, 15) is 4.79 Å². The molecule has 0 spiro atoms. The van der Waals surface area contributed by atoms with E-state index < -0.39 is 0 Å². The summed E-state index contributed by atoms with van der Waals surface area (Å²) in [4.78, 5) is 12.7. The van der Waals surface area contributed by atoms with Crippen molar-refractivity contribution in [3.63, 3.8) is 0 Å². The standard InChI is InChI=1S/C20H22O3/c1-20(2,3)16-6-4-5-15(11-16)19(21)14-7-9-17(10-8-14)22-12-18-13-23-18/h4-11,18H,12-13H2,1-3H3. The molecule has 2 aromatic carbocycles. The molecule has 0 radical (unpaired) electrons. The maximum Gasteiger partial charge on any atom is 0.193 e. The quantitative estimate of drug-likeness (QED) is 0.619. The average Bonchev–Trinajstić information content (AvgIpc) is 3.36. The van der Waals surface area contributed by atoms with Crippen molar-refractivity contribution >= 4 is 5.78 Å². The molecule has 1 unspecified atom stereocenters. The minimum atomic E-state index is 0.0267. The van der Waals surface area contributed by atoms with Crippen molar-refractivity contribution in [3.05, 3.63) is 65.2 Å². The molecule has 2 aromatic rings. The molecule has 0 N–H and O–H groups in total. The first kappa shape index (κ1) is 15.8. The summed E-state index contributed by atoms with van der Waals surface area (Å²) in [7, 11) is 0. The Hall–Kier alpha value is -2.13. The van der Waals surface area contributed by atoms with Crippen LogP contribution in [0.1, 0.15) is 42.3 Å². The van der Waals surface area contributed by atoms with Crippen LogP contribution in [0.5, 0.6) is 5.75 Å². The van der Waals surface area contributed by atoms with Crippen molar-refractivity contribution in [3.8, 4) is 5.75 Å². The van der Waals surface area contributed by atoms with Crippen molar-refractivity contribution in [1.29, 1.82) is 0 Å². The van der Waals surface area contributed by atoms with Crippen molar-refractivity contribution in [2.75, 3.05) is 13.2 Å². The molecule has 23 heavy (non-hydrogen) atoms. The van der Waals surface area contributed by atoms with E-state index in [2.05, 4.69) is 26.8 Å². The van der Waals surface area contributed by atoms with Gasteiger partial charge >= 0.3 is 0 Å². The van der Waals surface area contributed by atoms with Gasteiger partial charge in [-0.15, -0.1) is 0 Å². The van der Waals surface area contributed by atoms with Crippen LogP contribution >= 0.6 is 0 Å². The highest BCUT2D eigenvalue weighted by Crippen LogP contribution is 2.24. The lowest BCUT2D eigenvalue weighted by atomic mass is 9.85. The lowest BCUT2D eigenvalue weighted by Gasteiger charge is -2.19. The SMILES string of the molecule is CC(C)(C)c1cccc(C(=O)c2ccc(OCC3CO3)cc2)c1. The van der Waals surface area contributed by atoms with Crippen molar-refractivity contribution in [2.45, 2.75) is 32.3 Å². The molecule has 0 bridgehead atoms. The first-order valence-electron chi connectivity index (χ1n) is 7.93. The largest absolute Gasteiger partial charge is 0.491 e. The van der Waals surface area contributed by atoms with Gasteiger partial charge in [-0.1, -0.05) is 39.0 Å². The summed E-state index contributed by atoms with van der Waals surface area (Å²) >= 11 is 0. The zero-order chi connectivity index (χ0) is 16.4. The van der Waals surface area contributed by atoms with E-state index >= 15 is 0 Å². The normalized spacial score (nSPS) is 16.9. The Bertz CT molecular complexity index is 692. The monoisotopic (exact) mass is 310 g/mol. The van der Waals surface area contributed by atoms with Crippen LogP contribution in [0.4, 0.5) is 0 Å². The second kappa shape index (κ2) is 6.17. The van der Waals surface area contributed by atoms with Crippen LogP contribution in [0.25, 0.3) is 0 Å². The van der Waals surface area contributed by atoms with Gasteiger partial charge in [-0.25, -0.2) is 0 Å². The molecule has 120 valence electrons. The van der Waals surface area contributed by atoms with Crippen LogP contribution in [0.2, 0.25) is 0 Å². The third kappa shape index (κ3) is 3.99. The average molecular weight is 310 g/mol. The highest BCUT2D eigenvalue weighted by Gasteiger charge is 2.23. The smallest absolute Gasteiger partial charge is 0.193 e. The topological polar surface area (TPSA) is 38.8 Å². The van der Waals surface area contributed by atoms with Crippen molar-refractivity contribution in [2.24, 2.45) is 0 Å². The fourth-order valence-corrected chi connectivity index (χ4v) is 2.35. The number of carbonyl (C=O) groups is 1. The molecule has 0 amide bonds. The molecule has 3 nitrogen and oxygen atoms in total. The summed E-state index contributed by atoms with van der Waals surface area (Å²) in [6.45, 7) is 7.78. The Labute approximate surface area is 137 Å². The number of carbonyl (C=O) groups excluding carboxylic acids is 1. The molecule has 1 atom stereocenters. The van der Waals surface area contributed by atoms with Crippen LogP contribution in [-0.2, 0) is 10.2 Å². The van der Waals surface area contributed by atoms with E-state index in [-0.39, 0.29) is 17.3 Å². The Balaban J connectivity index is 1.74. The zero-order valence-corrected chi connectivity index (χ0v) is 13.8. The van der Waals surface area contributed by atoms with Gasteiger partial charge in [-0.05, 0) is 41.3 Å². The molecule has 0 aromatic heterocycles. The molecular formula is C20H22O3. The van der Waals surface area contributed by atoms with Gasteiger partial charge in [0.1, 0.15) is 18.5 Å². The summed E-state index contributed by atoms with van der Waals surface area (Å²) < 4.78 is 10.7. The molecule has 1 saturated heterocycles. The number of ether oxygens (including phenoxy) is 2. The predicted octanol–water partition coefficient (Wildman–Crippen LogP) is 3.99. The first-order chi connectivity index (χ1) is 10.9. The van der Waals surface area contributed by atoms with E-state index in [1.807, 2.05) is 42.5 Å². The van der Waals surface area contributed by atoms with Gasteiger partial charge in [-0.2, -0.15) is 0 Å². The second-order valence-electron chi connectivity index (χ2n) is 6.95. The predicted molar refractivity (Wildman–Crippen MR) is 90.3 cm³/mol. The lowest BCUT2D eigenvalue weighted by molar-refractivity contribution is 0.103. The molecule has 1 heterocycles. The summed E-state index contributed by atoms with van der Waals surface area (Å²) in [5, 5.41) is 0. The third-order valence-electron chi connectivity index (χ3n) is 3.95. The maximum atomic E-state index is 12.7. The van der Waals surface area contributed by atoms with Gasteiger partial charge in [0.05, 0.1) is 6.61 Å². The molecule has 3 rings (SSSR count). The van der Waals surface area contributed by atoms with Gasteiger partial charge in [-0.3, -0.25) is 4.79 Å². The van der Waals surface area contributed by atoms with Gasteiger partial charge < -0.3 is 9.47 Å². The fraction of sp³-hybridized carbons (Fsp3) is 0.350. The fourth-order valence-electron chi connectivity index (χ4n) is 2.35. The van der Waals surface area contributed by atoms with Gasteiger partial charge in [0, 0.05) is 11.1 Å². The highest BCUT2D eigenvalue weighted by atomic mass is 16.6. The summed E-state index contributed by atoms with van der Waals surface area (Å²) in [5.41, 5.74) is 2.58. The van der Waals surface area contributed by atoms with E-state index in [0.29, 0.717) is 12.2 Å². The summed E-state index contributed by atoms with van der Waals surface area (Å²) in [6, 6.07) is 15.2. The minimum absolute atomic E-state index is 0.0267. The van der Waals surface area contributed by atoms with Crippen LogP contribution in [0, 0.1) is 0 Å². The minimum Gasteiger partial charge on any atom is -0.491 e. The summed E-state index contributed by atoms with van der Waals surface area (Å²) in [6.07, 6.45) is 0.233. The molecule has 0 aliphatic carbocycles. The van der Waals surface area contributed by atoms with Gasteiger partial charge in [0.2, 0.25) is 0 Å². The van der Waals surface area contributed by atoms with Crippen molar-refractivity contribution < 1.29 is 14.3 Å². The molecule has 0 saturated carbocycles. The number of rotatable bonds is 5. The van der Waals surface area contributed by atoms with Crippen LogP contribution in [0.15, 0.2) is 48.5 Å². The van der Waals surface area contributed by atoms with Gasteiger partial charge in [0.25, 0.3) is 0 Å². The Morgan fingerprint density at radius 3 is 2.43 bits per heavy atom. The Kier molecular flexibility index (Phi) is 4.22. The van der Waals surface area contributed by atoms with Crippen LogP contribution in [-0.4, -0.2) is 25.1 Å². The first-order valence-corrected chi connectivity index (χ1v) is 7.93. The lowest BCUT2D eigenvalue weighted by Crippen LogP contribution is -2.12. The Morgan fingerprint density at radius 1 is 1.13 bits per heavy atom. The maximum absolute atomic E-state index is 12.7. The van der Waals surface area contributed by atoms with Crippen LogP contribution in [0.3, 0.4) is 0 Å². The number of epoxide rings is 1. The number of benzene rings is 2. The van der Waals surface area contributed by atoms with Crippen molar-refractivity contribution in [1.82, 2.24) is 0 Å². The zero-order valence-electron chi connectivity index (χ0n) is 13.8. The number of ketones is 1. The number of hydrogen-bond donors (Lipinski definition) is 0. The van der Waals surface area contributed by atoms with Gasteiger partial charge in [0.15, 0.2) is 5.78 Å². The molecular weight excluding hydrogens is 288 g/mol. The molecule has 1 aliphatic heterocycles. The Morgan fingerprint density at radius 2 is 1.83 bits per heavy atom. The van der Waals surface area contributed by atoms with E-state index in [1.54, 1.807) is 0 Å². The molecule has 3 heteroatoms. The van der Waals surface area contributed by atoms with E-state index in [4.69, 9.17) is 9.47 Å². The van der Waals surface area contributed by atoms with E-state index in [1.165, 1.54) is 0 Å². The second-order valence-corrected chi connectivity index (χ2v) is 6.95. The molecule has 1 fully saturated rings. The van der Waals surface area contributed by atoms with E-state index in [0.717, 1.165) is 23.5 Å². The third-order valence-corrected chi connectivity index (χ3v) is 3.95. The number of hydrogen-bond acceptors (Lipinski definition) is 3. The highest BCUT2D eigenvalue weighted by molar-refractivity contribution is 6.09. The summed E-state index contributed by atoms with van der Waals surface area (Å²) in [5.74, 6) is 0.800. The van der Waals surface area contributed by atoms with Crippen LogP contribution < -0.4 is 4.74 Å².